The molecule has 0 aromatic rings. The van der Waals surface area contributed by atoms with Crippen LogP contribution in [0.15, 0.2) is 0 Å². The van der Waals surface area contributed by atoms with E-state index in [1.165, 1.54) is 0 Å². The molecule has 0 aliphatic heterocycles. The van der Waals surface area contributed by atoms with E-state index in [-0.39, 0.29) is 13.2 Å². The fourth-order valence-electron chi connectivity index (χ4n) is 1.51. The van der Waals surface area contributed by atoms with Crippen LogP contribution in [-0.2, 0) is 13.9 Å². The molecule has 0 amide bonds. The molecule has 0 aromatic heterocycles. The van der Waals surface area contributed by atoms with Crippen molar-refractivity contribution in [2.24, 2.45) is 0 Å². The molecular formula is C12H28O5Si. The van der Waals surface area contributed by atoms with E-state index in [1.807, 2.05) is 0 Å². The van der Waals surface area contributed by atoms with E-state index in [0.29, 0.717) is 26.4 Å². The van der Waals surface area contributed by atoms with Gasteiger partial charge in [-0.1, -0.05) is 0 Å². The van der Waals surface area contributed by atoms with Gasteiger partial charge >= 0.3 is 0 Å². The molecule has 2 N–H and O–H groups in total. The van der Waals surface area contributed by atoms with Gasteiger partial charge in [0.15, 0.2) is 8.32 Å². The molecule has 0 heterocycles. The van der Waals surface area contributed by atoms with Crippen molar-refractivity contribution in [1.82, 2.24) is 0 Å². The van der Waals surface area contributed by atoms with Gasteiger partial charge in [-0.25, -0.2) is 0 Å². The van der Waals surface area contributed by atoms with Gasteiger partial charge in [0.25, 0.3) is 0 Å². The van der Waals surface area contributed by atoms with Crippen LogP contribution in [0.5, 0.6) is 0 Å². The summed E-state index contributed by atoms with van der Waals surface area (Å²) >= 11 is 0. The summed E-state index contributed by atoms with van der Waals surface area (Å²) in [6.45, 7) is 7.46. The first-order valence-electron chi connectivity index (χ1n) is 6.63. The second kappa shape index (κ2) is 12.1. The molecule has 5 nitrogen and oxygen atoms in total. The van der Waals surface area contributed by atoms with Crippen molar-refractivity contribution in [3.63, 3.8) is 0 Å². The van der Waals surface area contributed by atoms with Crippen LogP contribution in [0.4, 0.5) is 0 Å². The van der Waals surface area contributed by atoms with Gasteiger partial charge in [0.05, 0.1) is 26.4 Å². The van der Waals surface area contributed by atoms with Crippen LogP contribution < -0.4 is 0 Å². The first-order valence-corrected chi connectivity index (χ1v) is 9.75. The lowest BCUT2D eigenvalue weighted by atomic mass is 10.5. The van der Waals surface area contributed by atoms with Crippen LogP contribution in [0.1, 0.15) is 12.8 Å². The van der Waals surface area contributed by atoms with Gasteiger partial charge in [0, 0.05) is 19.8 Å². The normalized spacial score (nSPS) is 12.0. The fraction of sp³-hybridized carbons (Fsp3) is 1.00. The van der Waals surface area contributed by atoms with E-state index in [9.17, 15) is 0 Å². The zero-order valence-electron chi connectivity index (χ0n) is 11.7. The van der Waals surface area contributed by atoms with E-state index in [1.54, 1.807) is 0 Å². The summed E-state index contributed by atoms with van der Waals surface area (Å²) in [6, 6.07) is 1.07. The van der Waals surface area contributed by atoms with Crippen LogP contribution in [-0.4, -0.2) is 64.8 Å². The van der Waals surface area contributed by atoms with E-state index >= 15 is 0 Å². The van der Waals surface area contributed by atoms with E-state index in [0.717, 1.165) is 25.5 Å². The summed E-state index contributed by atoms with van der Waals surface area (Å²) in [7, 11) is -1.58. The number of ether oxygens (including phenoxy) is 2. The molecule has 0 aliphatic rings. The van der Waals surface area contributed by atoms with Crippen LogP contribution >= 0.6 is 0 Å². The summed E-state index contributed by atoms with van der Waals surface area (Å²) in [4.78, 5) is 0. The van der Waals surface area contributed by atoms with Gasteiger partial charge in [-0.3, -0.25) is 0 Å². The first-order chi connectivity index (χ1) is 8.62. The summed E-state index contributed by atoms with van der Waals surface area (Å²) in [5.41, 5.74) is 0. The Kier molecular flexibility index (Phi) is 12.1. The highest BCUT2D eigenvalue weighted by atomic mass is 28.4. The van der Waals surface area contributed by atoms with E-state index in [2.05, 4.69) is 13.1 Å². The maximum Gasteiger partial charge on any atom is 0.186 e. The summed E-state index contributed by atoms with van der Waals surface area (Å²) in [5, 5.41) is 17.1. The van der Waals surface area contributed by atoms with Crippen molar-refractivity contribution >= 4 is 8.32 Å². The minimum absolute atomic E-state index is 0.0783. The molecule has 0 atom stereocenters. The Balaban J connectivity index is 3.37. The predicted molar refractivity (Wildman–Crippen MR) is 73.3 cm³/mol. The molecule has 0 saturated heterocycles. The van der Waals surface area contributed by atoms with E-state index in [4.69, 9.17) is 24.1 Å². The van der Waals surface area contributed by atoms with Crippen molar-refractivity contribution in [1.29, 1.82) is 0 Å². The minimum atomic E-state index is -1.58. The monoisotopic (exact) mass is 280 g/mol. The van der Waals surface area contributed by atoms with Crippen molar-refractivity contribution < 1.29 is 24.1 Å². The number of hydrogen-bond acceptors (Lipinski definition) is 5. The lowest BCUT2D eigenvalue weighted by Crippen LogP contribution is -2.31. The Morgan fingerprint density at radius 3 is 1.89 bits per heavy atom. The zero-order chi connectivity index (χ0) is 13.7. The molecule has 0 spiro atoms. The Morgan fingerprint density at radius 2 is 1.33 bits per heavy atom. The Hall–Kier alpha value is 0.0169. The third kappa shape index (κ3) is 12.5. The second-order valence-electron chi connectivity index (χ2n) is 4.74. The molecule has 0 fully saturated rings. The molecule has 0 aliphatic carbocycles. The highest BCUT2D eigenvalue weighted by molar-refractivity contribution is 6.71. The summed E-state index contributed by atoms with van der Waals surface area (Å²) in [6.07, 6.45) is 1.86. The Labute approximate surface area is 111 Å². The number of hydrogen-bond donors (Lipinski definition) is 2. The molecule has 0 radical (unpaired) electrons. The molecule has 0 bridgehead atoms. The average molecular weight is 280 g/mol. The number of aliphatic hydroxyl groups is 2. The standard InChI is InChI=1S/C12H28O5Si/c1-18(2,12-4-8-16-11-6-14)17-9-3-7-15-10-5-13/h13-14H,3-12H2,1-2H3. The topological polar surface area (TPSA) is 68.2 Å². The number of rotatable bonds is 13. The smallest absolute Gasteiger partial charge is 0.186 e. The molecular weight excluding hydrogens is 252 g/mol. The highest BCUT2D eigenvalue weighted by Gasteiger charge is 2.21. The van der Waals surface area contributed by atoms with Gasteiger partial charge in [-0.2, -0.15) is 0 Å². The number of aliphatic hydroxyl groups excluding tert-OH is 2. The van der Waals surface area contributed by atoms with Gasteiger partial charge in [-0.15, -0.1) is 0 Å². The van der Waals surface area contributed by atoms with Crippen LogP contribution in [0.3, 0.4) is 0 Å². The molecule has 0 saturated carbocycles. The van der Waals surface area contributed by atoms with Crippen molar-refractivity contribution in [2.75, 3.05) is 46.2 Å². The summed E-state index contributed by atoms with van der Waals surface area (Å²) < 4.78 is 16.3. The molecule has 110 valence electrons. The molecule has 0 aromatic carbocycles. The maximum atomic E-state index is 8.56. The molecule has 0 rings (SSSR count). The predicted octanol–water partition coefficient (Wildman–Crippen LogP) is 1.01. The lowest BCUT2D eigenvalue weighted by molar-refractivity contribution is 0.0823. The van der Waals surface area contributed by atoms with Crippen LogP contribution in [0.2, 0.25) is 19.1 Å². The molecule has 6 heteroatoms. The van der Waals surface area contributed by atoms with Crippen molar-refractivity contribution in [2.45, 2.75) is 32.0 Å². The quantitative estimate of drug-likeness (QED) is 0.389. The van der Waals surface area contributed by atoms with Gasteiger partial charge in [-0.05, 0) is 32.0 Å². The third-order valence-corrected chi connectivity index (χ3v) is 5.01. The minimum Gasteiger partial charge on any atom is -0.417 e. The average Bonchev–Trinajstić information content (AvgIpc) is 2.33. The third-order valence-electron chi connectivity index (χ3n) is 2.46. The highest BCUT2D eigenvalue weighted by Crippen LogP contribution is 2.14. The Bertz CT molecular complexity index is 178. The SMILES string of the molecule is C[Si](C)(CCCOCCO)OCCCOCCO. The fourth-order valence-corrected chi connectivity index (χ4v) is 3.35. The van der Waals surface area contributed by atoms with Crippen molar-refractivity contribution in [3.8, 4) is 0 Å². The second-order valence-corrected chi connectivity index (χ2v) is 9.05. The van der Waals surface area contributed by atoms with Crippen LogP contribution in [0, 0.1) is 0 Å². The first kappa shape index (κ1) is 18.0. The van der Waals surface area contributed by atoms with Gasteiger partial charge in [0.2, 0.25) is 0 Å². The van der Waals surface area contributed by atoms with Gasteiger partial charge in [0.1, 0.15) is 0 Å². The van der Waals surface area contributed by atoms with Gasteiger partial charge < -0.3 is 24.1 Å². The maximum absolute atomic E-state index is 8.56. The Morgan fingerprint density at radius 1 is 0.778 bits per heavy atom. The lowest BCUT2D eigenvalue weighted by Gasteiger charge is -2.22. The van der Waals surface area contributed by atoms with Crippen LogP contribution in [0.25, 0.3) is 0 Å². The van der Waals surface area contributed by atoms with Crippen molar-refractivity contribution in [3.05, 3.63) is 0 Å². The zero-order valence-corrected chi connectivity index (χ0v) is 12.7. The molecule has 18 heavy (non-hydrogen) atoms. The summed E-state index contributed by atoms with van der Waals surface area (Å²) in [5.74, 6) is 0. The molecule has 0 unspecified atom stereocenters. The largest absolute Gasteiger partial charge is 0.417 e. The van der Waals surface area contributed by atoms with E-state index < -0.39 is 8.32 Å².